The Hall–Kier alpha value is -3.42. The van der Waals surface area contributed by atoms with Crippen molar-refractivity contribution in [3.63, 3.8) is 0 Å². The van der Waals surface area contributed by atoms with E-state index in [1.165, 1.54) is 19.0 Å². The lowest BCUT2D eigenvalue weighted by Gasteiger charge is -2.50. The number of aliphatic hydroxyl groups excluding tert-OH is 2. The van der Waals surface area contributed by atoms with Gasteiger partial charge in [-0.05, 0) is 68.9 Å². The molecule has 0 aromatic heterocycles. The summed E-state index contributed by atoms with van der Waals surface area (Å²) >= 11 is 0. The molecule has 6 atom stereocenters. The number of hydrogen-bond donors (Lipinski definition) is 6. The molecule has 3 aliphatic carbocycles. The zero-order valence-electron chi connectivity index (χ0n) is 22.0. The zero-order valence-corrected chi connectivity index (χ0v) is 22.0. The van der Waals surface area contributed by atoms with E-state index in [4.69, 9.17) is 5.73 Å². The summed E-state index contributed by atoms with van der Waals surface area (Å²) < 4.78 is 43.9. The first-order valence-electron chi connectivity index (χ1n) is 12.9. The van der Waals surface area contributed by atoms with Crippen molar-refractivity contribution < 1.29 is 48.0 Å². The third-order valence-corrected chi connectivity index (χ3v) is 8.91. The molecule has 0 radical (unpaired) electrons. The number of alkyl halides is 3. The number of Topliss-reactive ketones (excluding diaryl/α,β-unsaturated/α-hetero) is 2. The zero-order chi connectivity index (χ0) is 29.6. The Morgan fingerprint density at radius 2 is 1.85 bits per heavy atom. The number of halogens is 3. The minimum atomic E-state index is -4.88. The molecule has 1 aromatic carbocycles. The molecule has 1 saturated heterocycles. The number of phenolic OH excluding ortho intramolecular Hbond substituents is 1. The van der Waals surface area contributed by atoms with Gasteiger partial charge in [-0.3, -0.25) is 19.3 Å². The molecule has 1 aliphatic heterocycles. The number of benzene rings is 1. The summed E-state index contributed by atoms with van der Waals surface area (Å²) in [5.41, 5.74) is -1.22. The van der Waals surface area contributed by atoms with Crippen molar-refractivity contribution in [2.75, 3.05) is 20.6 Å². The molecule has 40 heavy (non-hydrogen) atoms. The highest BCUT2D eigenvalue weighted by molar-refractivity contribution is 6.24. The third kappa shape index (κ3) is 3.71. The summed E-state index contributed by atoms with van der Waals surface area (Å²) in [5, 5.41) is 47.6. The highest BCUT2D eigenvalue weighted by Gasteiger charge is 2.64. The molecule has 0 spiro atoms. The molecule has 4 aliphatic rings. The number of hydrogen-bond acceptors (Lipinski definition) is 9. The molecule has 216 valence electrons. The molecule has 1 saturated carbocycles. The maximum absolute atomic E-state index is 14.6. The summed E-state index contributed by atoms with van der Waals surface area (Å²) in [4.78, 5) is 40.4. The van der Waals surface area contributed by atoms with Crippen LogP contribution in [-0.4, -0.2) is 75.1 Å². The molecule has 13 heteroatoms. The van der Waals surface area contributed by atoms with Crippen molar-refractivity contribution in [1.82, 2.24) is 10.2 Å². The van der Waals surface area contributed by atoms with Crippen LogP contribution in [0.3, 0.4) is 0 Å². The largest absolute Gasteiger partial charge is 0.508 e. The van der Waals surface area contributed by atoms with E-state index in [-0.39, 0.29) is 17.9 Å². The molecular weight excluding hydrogens is 535 g/mol. The van der Waals surface area contributed by atoms with Gasteiger partial charge in [0.25, 0.3) is 5.91 Å². The Morgan fingerprint density at radius 3 is 2.38 bits per heavy atom. The van der Waals surface area contributed by atoms with E-state index in [2.05, 4.69) is 5.32 Å². The lowest BCUT2D eigenvalue weighted by Crippen LogP contribution is -2.65. The molecule has 1 amide bonds. The van der Waals surface area contributed by atoms with Crippen LogP contribution >= 0.6 is 0 Å². The Labute approximate surface area is 227 Å². The molecule has 5 rings (SSSR count). The van der Waals surface area contributed by atoms with E-state index in [9.17, 15) is 48.0 Å². The summed E-state index contributed by atoms with van der Waals surface area (Å²) in [7, 11) is 2.88. The summed E-state index contributed by atoms with van der Waals surface area (Å²) in [5.74, 6) is -9.15. The van der Waals surface area contributed by atoms with Crippen molar-refractivity contribution in [2.24, 2.45) is 23.5 Å². The Morgan fingerprint density at radius 1 is 1.20 bits per heavy atom. The highest BCUT2D eigenvalue weighted by atomic mass is 19.4. The fraction of sp³-hybridized carbons (Fsp3) is 0.519. The summed E-state index contributed by atoms with van der Waals surface area (Å²) in [6, 6.07) is -1.10. The second kappa shape index (κ2) is 9.05. The van der Waals surface area contributed by atoms with Gasteiger partial charge in [-0.2, -0.15) is 13.2 Å². The number of ketones is 2. The van der Waals surface area contributed by atoms with Gasteiger partial charge in [0.15, 0.2) is 11.4 Å². The third-order valence-electron chi connectivity index (χ3n) is 8.91. The fourth-order valence-corrected chi connectivity index (χ4v) is 7.18. The van der Waals surface area contributed by atoms with Crippen molar-refractivity contribution in [1.29, 1.82) is 0 Å². The molecule has 2 unspecified atom stereocenters. The predicted molar refractivity (Wildman–Crippen MR) is 134 cm³/mol. The van der Waals surface area contributed by atoms with Crippen LogP contribution in [0.5, 0.6) is 5.75 Å². The molecule has 1 heterocycles. The number of carbonyl (C=O) groups is 3. The van der Waals surface area contributed by atoms with Crippen LogP contribution < -0.4 is 11.1 Å². The normalized spacial score (nSPS) is 32.4. The van der Waals surface area contributed by atoms with E-state index < -0.39 is 105 Å². The van der Waals surface area contributed by atoms with Gasteiger partial charge in [-0.1, -0.05) is 6.92 Å². The average Bonchev–Trinajstić information content (AvgIpc) is 3.25. The number of aliphatic hydroxyl groups is 3. The van der Waals surface area contributed by atoms with Crippen LogP contribution in [0.2, 0.25) is 0 Å². The van der Waals surface area contributed by atoms with E-state index in [1.54, 1.807) is 6.92 Å². The average molecular weight is 566 g/mol. The minimum Gasteiger partial charge on any atom is -0.508 e. The van der Waals surface area contributed by atoms with Gasteiger partial charge in [0.05, 0.1) is 17.2 Å². The lowest BCUT2D eigenvalue weighted by atomic mass is 9.57. The van der Waals surface area contributed by atoms with Gasteiger partial charge in [0.2, 0.25) is 5.78 Å². The molecule has 1 aromatic rings. The van der Waals surface area contributed by atoms with E-state index in [1.807, 2.05) is 0 Å². The maximum atomic E-state index is 14.6. The lowest BCUT2D eigenvalue weighted by molar-refractivity contribution is -0.153. The number of primary amides is 1. The first-order chi connectivity index (χ1) is 18.5. The van der Waals surface area contributed by atoms with Gasteiger partial charge < -0.3 is 31.5 Å². The highest BCUT2D eigenvalue weighted by Crippen LogP contribution is 2.55. The van der Waals surface area contributed by atoms with Gasteiger partial charge in [-0.25, -0.2) is 0 Å². The standard InChI is InChI=1S/C27H30F3N3O7/c1-9-4-5-32-19(9)12-8-14(34)16-11(18(12)27(28,29)30)6-10-7-13-20(33(2)3)22(36)17(25(31)39)24(38)26(13,40)23(37)15(10)21(16)35/h8-10,13,19-20,32,34-35,38,40H,4-7H2,1-3H3,(H2,31,39)/t9?,10-,13-,19?,20-,26-/m0/s1. The van der Waals surface area contributed by atoms with E-state index >= 15 is 0 Å². The summed E-state index contributed by atoms with van der Waals surface area (Å²) in [6.07, 6.45) is -4.99. The Balaban J connectivity index is 1.76. The van der Waals surface area contributed by atoms with Crippen molar-refractivity contribution in [3.05, 3.63) is 45.2 Å². The van der Waals surface area contributed by atoms with Gasteiger partial charge in [0, 0.05) is 17.5 Å². The number of aromatic hydroxyl groups is 1. The van der Waals surface area contributed by atoms with Crippen LogP contribution in [0.4, 0.5) is 13.2 Å². The Bertz CT molecular complexity index is 1420. The number of nitrogens with zero attached hydrogens (tertiary/aromatic N) is 1. The van der Waals surface area contributed by atoms with Gasteiger partial charge in [0.1, 0.15) is 22.8 Å². The smallest absolute Gasteiger partial charge is 0.417 e. The number of likely N-dealkylation sites (N-methyl/N-ethyl adjacent to an activating group) is 1. The number of amides is 1. The second-order valence-electron chi connectivity index (χ2n) is 11.4. The number of nitrogens with two attached hydrogens (primary N) is 1. The van der Waals surface area contributed by atoms with Crippen LogP contribution in [0, 0.1) is 17.8 Å². The van der Waals surface area contributed by atoms with Crippen LogP contribution in [0.25, 0.3) is 5.76 Å². The number of phenols is 1. The summed E-state index contributed by atoms with van der Waals surface area (Å²) in [6.45, 7) is 2.27. The monoisotopic (exact) mass is 565 g/mol. The minimum absolute atomic E-state index is 0.170. The second-order valence-corrected chi connectivity index (χ2v) is 11.4. The van der Waals surface area contributed by atoms with Gasteiger partial charge in [-0.15, -0.1) is 0 Å². The first kappa shape index (κ1) is 28.1. The Kier molecular flexibility index (Phi) is 6.36. The van der Waals surface area contributed by atoms with Crippen LogP contribution in [0.1, 0.15) is 48.1 Å². The molecule has 10 nitrogen and oxygen atoms in total. The topological polar surface area (TPSA) is 173 Å². The number of nitrogens with one attached hydrogen (secondary N) is 1. The van der Waals surface area contributed by atoms with Crippen molar-refractivity contribution in [2.45, 2.75) is 50.0 Å². The number of carbonyl (C=O) groups excluding carboxylic acids is 3. The quantitative estimate of drug-likeness (QED) is 0.298. The van der Waals surface area contributed by atoms with Crippen molar-refractivity contribution >= 4 is 23.2 Å². The SMILES string of the molecule is CC1CCNC1c1cc(O)c2c(c1C(F)(F)F)C[C@H]1C[C@H]3[C@H](N(C)C)C(=O)C(C(N)=O)=C(O)[C@@]3(O)C(=O)C1=C2O. The predicted octanol–water partition coefficient (Wildman–Crippen LogP) is 1.65. The number of fused-ring (bicyclic) bond motifs is 3. The molecule has 7 N–H and O–H groups in total. The van der Waals surface area contributed by atoms with E-state index in [0.717, 1.165) is 6.07 Å². The van der Waals surface area contributed by atoms with E-state index in [0.29, 0.717) is 13.0 Å². The van der Waals surface area contributed by atoms with Crippen LogP contribution in [-0.2, 0) is 27.0 Å². The van der Waals surface area contributed by atoms with Crippen molar-refractivity contribution in [3.8, 4) is 5.75 Å². The fourth-order valence-electron chi connectivity index (χ4n) is 7.18. The maximum Gasteiger partial charge on any atom is 0.417 e. The van der Waals surface area contributed by atoms with Crippen LogP contribution in [0.15, 0.2) is 23.0 Å². The van der Waals surface area contributed by atoms with Gasteiger partial charge >= 0.3 is 6.18 Å². The molecular formula is C27H30F3N3O7. The first-order valence-corrected chi connectivity index (χ1v) is 12.9. The molecule has 2 fully saturated rings. The molecule has 0 bridgehead atoms. The number of rotatable bonds is 3.